The van der Waals surface area contributed by atoms with E-state index in [1.54, 1.807) is 0 Å². The molecule has 0 radical (unpaired) electrons. The molecule has 0 saturated heterocycles. The van der Waals surface area contributed by atoms with E-state index in [0.717, 1.165) is 18.4 Å². The van der Waals surface area contributed by atoms with E-state index in [4.69, 9.17) is 0 Å². The molecule has 2 heterocycles. The number of alkyl halides is 1. The highest BCUT2D eigenvalue weighted by Crippen LogP contribution is 2.41. The number of aromatic amines is 1. The molecule has 4 nitrogen and oxygen atoms in total. The maximum atomic E-state index is 12.9. The van der Waals surface area contributed by atoms with E-state index in [-0.39, 0.29) is 30.6 Å². The van der Waals surface area contributed by atoms with Crippen molar-refractivity contribution in [1.82, 2.24) is 15.2 Å². The Morgan fingerprint density at radius 1 is 1.44 bits per heavy atom. The maximum Gasteiger partial charge on any atom is 0.228 e. The number of nitrogens with zero attached hydrogens (tertiary/aromatic N) is 1. The molecule has 27 heavy (non-hydrogen) atoms. The molecule has 2 aromatic rings. The number of hydrogen-bond donors (Lipinski definition) is 2. The zero-order chi connectivity index (χ0) is 19.0. The predicted molar refractivity (Wildman–Crippen MR) is 107 cm³/mol. The van der Waals surface area contributed by atoms with Gasteiger partial charge in [-0.2, -0.15) is 0 Å². The number of benzene rings is 1. The van der Waals surface area contributed by atoms with Gasteiger partial charge in [-0.1, -0.05) is 25.1 Å². The fourth-order valence-corrected chi connectivity index (χ4v) is 4.45. The van der Waals surface area contributed by atoms with Gasteiger partial charge in [-0.15, -0.1) is 0 Å². The third-order valence-electron chi connectivity index (χ3n) is 6.04. The maximum absolute atomic E-state index is 12.9. The van der Waals surface area contributed by atoms with Crippen LogP contribution in [0.2, 0.25) is 0 Å². The minimum absolute atomic E-state index is 0.0765. The highest BCUT2D eigenvalue weighted by Gasteiger charge is 2.37. The summed E-state index contributed by atoms with van der Waals surface area (Å²) in [6.07, 6.45) is 6.59. The third kappa shape index (κ3) is 3.29. The fourth-order valence-electron chi connectivity index (χ4n) is 4.45. The van der Waals surface area contributed by atoms with Crippen LogP contribution in [0.4, 0.5) is 4.39 Å². The zero-order valence-electron chi connectivity index (χ0n) is 16.1. The zero-order valence-corrected chi connectivity index (χ0v) is 16.1. The quantitative estimate of drug-likeness (QED) is 0.816. The summed E-state index contributed by atoms with van der Waals surface area (Å²) in [5.74, 6) is -0.117. The van der Waals surface area contributed by atoms with E-state index in [0.29, 0.717) is 19.5 Å². The first-order chi connectivity index (χ1) is 13.1. The average molecular weight is 369 g/mol. The Morgan fingerprint density at radius 3 is 3.07 bits per heavy atom. The normalized spacial score (nSPS) is 23.0. The van der Waals surface area contributed by atoms with Gasteiger partial charge in [0.2, 0.25) is 5.91 Å². The summed E-state index contributed by atoms with van der Waals surface area (Å²) >= 11 is 0. The van der Waals surface area contributed by atoms with Gasteiger partial charge in [0, 0.05) is 42.3 Å². The molecular formula is C22H28FN3O. The van der Waals surface area contributed by atoms with E-state index < -0.39 is 0 Å². The first-order valence-electron chi connectivity index (χ1n) is 10.0. The number of H-pyrrole nitrogens is 1. The van der Waals surface area contributed by atoms with Crippen LogP contribution < -0.4 is 5.32 Å². The van der Waals surface area contributed by atoms with Crippen LogP contribution in [-0.2, 0) is 11.2 Å². The van der Waals surface area contributed by atoms with Crippen LogP contribution in [-0.4, -0.2) is 47.6 Å². The molecule has 1 aliphatic heterocycles. The van der Waals surface area contributed by atoms with Crippen LogP contribution >= 0.6 is 0 Å². The van der Waals surface area contributed by atoms with Crippen molar-refractivity contribution >= 4 is 22.4 Å². The van der Waals surface area contributed by atoms with Gasteiger partial charge in [0.1, 0.15) is 0 Å². The van der Waals surface area contributed by atoms with Crippen molar-refractivity contribution < 1.29 is 9.18 Å². The number of hydrogen-bond acceptors (Lipinski definition) is 2. The summed E-state index contributed by atoms with van der Waals surface area (Å²) in [5, 5.41) is 4.39. The highest BCUT2D eigenvalue weighted by atomic mass is 19.1. The molecule has 0 fully saturated rings. The van der Waals surface area contributed by atoms with Gasteiger partial charge in [0.15, 0.2) is 0 Å². The van der Waals surface area contributed by atoms with Crippen LogP contribution in [0.3, 0.4) is 0 Å². The molecule has 0 bridgehead atoms. The first-order valence-corrected chi connectivity index (χ1v) is 10.0. The summed E-state index contributed by atoms with van der Waals surface area (Å²) < 4.78 is 12.9. The SMILES string of the molecule is CCC(C)NC(=O)[C@@H]1C=C2c3cccc4[nH]cc(c34)C[C@H]2N(CCCF)C1. The Morgan fingerprint density at radius 2 is 2.30 bits per heavy atom. The molecule has 4 rings (SSSR count). The molecule has 1 aromatic carbocycles. The monoisotopic (exact) mass is 369 g/mol. The number of aromatic nitrogens is 1. The van der Waals surface area contributed by atoms with Crippen LogP contribution in [0.25, 0.3) is 16.5 Å². The number of carbonyl (C=O) groups is 1. The Balaban J connectivity index is 1.73. The van der Waals surface area contributed by atoms with Gasteiger partial charge in [-0.3, -0.25) is 14.1 Å². The number of nitrogens with one attached hydrogen (secondary N) is 2. The first kappa shape index (κ1) is 18.2. The molecule has 1 amide bonds. The Kier molecular flexibility index (Phi) is 5.04. The van der Waals surface area contributed by atoms with E-state index in [9.17, 15) is 9.18 Å². The largest absolute Gasteiger partial charge is 0.361 e. The van der Waals surface area contributed by atoms with Gasteiger partial charge in [0.25, 0.3) is 0 Å². The Labute approximate surface area is 159 Å². The minimum atomic E-state index is -0.322. The summed E-state index contributed by atoms with van der Waals surface area (Å²) in [5.41, 5.74) is 4.90. The molecule has 1 aliphatic carbocycles. The van der Waals surface area contributed by atoms with Gasteiger partial charge >= 0.3 is 0 Å². The van der Waals surface area contributed by atoms with Gasteiger partial charge < -0.3 is 10.3 Å². The molecule has 1 aromatic heterocycles. The number of amides is 1. The summed E-state index contributed by atoms with van der Waals surface area (Å²) in [6, 6.07) is 6.70. The molecule has 1 unspecified atom stereocenters. The van der Waals surface area contributed by atoms with Crippen molar-refractivity contribution in [1.29, 1.82) is 0 Å². The van der Waals surface area contributed by atoms with Gasteiger partial charge in [-0.25, -0.2) is 0 Å². The molecule has 0 saturated carbocycles. The lowest BCUT2D eigenvalue weighted by Crippen LogP contribution is -2.49. The van der Waals surface area contributed by atoms with Crippen LogP contribution in [0.5, 0.6) is 0 Å². The smallest absolute Gasteiger partial charge is 0.228 e. The van der Waals surface area contributed by atoms with E-state index >= 15 is 0 Å². The molecule has 2 aliphatic rings. The number of rotatable bonds is 6. The lowest BCUT2D eigenvalue weighted by atomic mass is 9.79. The molecule has 2 N–H and O–H groups in total. The van der Waals surface area contributed by atoms with Crippen molar-refractivity contribution in [3.8, 4) is 0 Å². The summed E-state index contributed by atoms with van der Waals surface area (Å²) in [4.78, 5) is 18.5. The summed E-state index contributed by atoms with van der Waals surface area (Å²) in [6.45, 7) is 5.12. The second kappa shape index (κ2) is 7.47. The van der Waals surface area contributed by atoms with Crippen molar-refractivity contribution in [2.75, 3.05) is 19.8 Å². The third-order valence-corrected chi connectivity index (χ3v) is 6.04. The number of halogens is 1. The summed E-state index contributed by atoms with van der Waals surface area (Å²) in [7, 11) is 0. The lowest BCUT2D eigenvalue weighted by Gasteiger charge is -2.41. The van der Waals surface area contributed by atoms with E-state index in [1.165, 1.54) is 22.1 Å². The van der Waals surface area contributed by atoms with Crippen molar-refractivity contribution in [3.05, 3.63) is 41.6 Å². The predicted octanol–water partition coefficient (Wildman–Crippen LogP) is 3.68. The number of fused-ring (bicyclic) bond motifs is 2. The van der Waals surface area contributed by atoms with E-state index in [1.807, 2.05) is 6.92 Å². The van der Waals surface area contributed by atoms with Gasteiger partial charge in [-0.05, 0) is 49.0 Å². The molecular weight excluding hydrogens is 341 g/mol. The topological polar surface area (TPSA) is 48.1 Å². The van der Waals surface area contributed by atoms with Crippen LogP contribution in [0.1, 0.15) is 37.8 Å². The standard InChI is InChI=1S/C22H28FN3O/c1-3-14(2)25-22(27)16-10-18-17-6-4-7-19-21(17)15(12-24-19)11-20(18)26(13-16)9-5-8-23/h4,6-7,10,12,14,16,20,24H,3,5,8-9,11,13H2,1-2H3,(H,25,27)/t14?,16-,20-/m1/s1. The molecule has 5 heteroatoms. The highest BCUT2D eigenvalue weighted by molar-refractivity contribution is 5.99. The van der Waals surface area contributed by atoms with Crippen molar-refractivity contribution in [2.45, 2.75) is 45.2 Å². The average Bonchev–Trinajstić information content (AvgIpc) is 3.10. The Bertz CT molecular complexity index is 872. The fraction of sp³-hybridized carbons (Fsp3) is 0.500. The minimum Gasteiger partial charge on any atom is -0.361 e. The second-order valence-electron chi connectivity index (χ2n) is 7.85. The molecule has 144 valence electrons. The van der Waals surface area contributed by atoms with Crippen LogP contribution in [0, 0.1) is 5.92 Å². The molecule has 0 spiro atoms. The van der Waals surface area contributed by atoms with Crippen molar-refractivity contribution in [3.63, 3.8) is 0 Å². The van der Waals surface area contributed by atoms with E-state index in [2.05, 4.69) is 52.6 Å². The second-order valence-corrected chi connectivity index (χ2v) is 7.85. The van der Waals surface area contributed by atoms with Gasteiger partial charge in [0.05, 0.1) is 12.6 Å². The lowest BCUT2D eigenvalue weighted by molar-refractivity contribution is -0.125. The number of carbonyl (C=O) groups excluding carboxylic acids is 1. The Hall–Kier alpha value is -2.14. The molecule has 3 atom stereocenters. The van der Waals surface area contributed by atoms with Crippen molar-refractivity contribution in [2.24, 2.45) is 5.92 Å². The van der Waals surface area contributed by atoms with Crippen LogP contribution in [0.15, 0.2) is 30.5 Å².